The van der Waals surface area contributed by atoms with Crippen LogP contribution < -0.4 is 0 Å². The fourth-order valence-corrected chi connectivity index (χ4v) is 1.12. The van der Waals surface area contributed by atoms with E-state index >= 15 is 0 Å². The van der Waals surface area contributed by atoms with E-state index in [1.165, 1.54) is 12.8 Å². The van der Waals surface area contributed by atoms with Crippen molar-refractivity contribution >= 4 is 0 Å². The highest BCUT2D eigenvalue weighted by molar-refractivity contribution is 4.72. The summed E-state index contributed by atoms with van der Waals surface area (Å²) < 4.78 is 10.0. The normalized spacial score (nSPS) is 19.5. The minimum atomic E-state index is -0.464. The molecule has 1 N–H and O–H groups in total. The second-order valence-corrected chi connectivity index (χ2v) is 3.42. The van der Waals surface area contributed by atoms with Crippen LogP contribution >= 0.6 is 0 Å². The monoisotopic (exact) mass is 174 g/mol. The van der Waals surface area contributed by atoms with Gasteiger partial charge in [-0.3, -0.25) is 0 Å². The Morgan fingerprint density at radius 1 is 1.42 bits per heavy atom. The van der Waals surface area contributed by atoms with Gasteiger partial charge in [0, 0.05) is 13.7 Å². The van der Waals surface area contributed by atoms with Crippen LogP contribution in [0.5, 0.6) is 0 Å². The van der Waals surface area contributed by atoms with E-state index in [4.69, 9.17) is 9.47 Å². The van der Waals surface area contributed by atoms with Gasteiger partial charge >= 0.3 is 0 Å². The quantitative estimate of drug-likeness (QED) is 0.580. The zero-order valence-corrected chi connectivity index (χ0v) is 7.66. The molecule has 0 aromatic heterocycles. The average molecular weight is 174 g/mol. The molecule has 1 fully saturated rings. The number of aliphatic hydroxyl groups is 1. The molecule has 1 rings (SSSR count). The largest absolute Gasteiger partial charge is 0.388 e. The molecule has 0 saturated heterocycles. The molecule has 1 saturated carbocycles. The highest BCUT2D eigenvalue weighted by atomic mass is 16.5. The predicted molar refractivity (Wildman–Crippen MR) is 46.0 cm³/mol. The lowest BCUT2D eigenvalue weighted by Gasteiger charge is -2.09. The first-order chi connectivity index (χ1) is 5.83. The van der Waals surface area contributed by atoms with Crippen molar-refractivity contribution in [3.63, 3.8) is 0 Å². The Balaban J connectivity index is 1.80. The molecule has 1 aliphatic carbocycles. The van der Waals surface area contributed by atoms with Crippen LogP contribution in [0.1, 0.15) is 19.3 Å². The summed E-state index contributed by atoms with van der Waals surface area (Å²) in [5.74, 6) is 0.907. The SMILES string of the molecule is COCC(O)COCCC1CC1. The Labute approximate surface area is 73.7 Å². The van der Waals surface area contributed by atoms with Crippen LogP contribution in [0.15, 0.2) is 0 Å². The van der Waals surface area contributed by atoms with E-state index in [0.717, 1.165) is 18.9 Å². The molecule has 1 aliphatic rings. The van der Waals surface area contributed by atoms with Gasteiger partial charge in [-0.05, 0) is 12.3 Å². The molecule has 0 radical (unpaired) electrons. The highest BCUT2D eigenvalue weighted by Crippen LogP contribution is 2.31. The summed E-state index contributed by atoms with van der Waals surface area (Å²) >= 11 is 0. The molecule has 0 amide bonds. The molecule has 3 heteroatoms. The van der Waals surface area contributed by atoms with Crippen molar-refractivity contribution in [2.75, 3.05) is 26.9 Å². The smallest absolute Gasteiger partial charge is 0.101 e. The molecule has 0 aliphatic heterocycles. The van der Waals surface area contributed by atoms with Crippen molar-refractivity contribution in [3.8, 4) is 0 Å². The van der Waals surface area contributed by atoms with Crippen LogP contribution in [0, 0.1) is 5.92 Å². The number of ether oxygens (including phenoxy) is 2. The average Bonchev–Trinajstić information content (AvgIpc) is 2.82. The molecule has 0 aromatic rings. The molecular weight excluding hydrogens is 156 g/mol. The Morgan fingerprint density at radius 3 is 2.75 bits per heavy atom. The Morgan fingerprint density at radius 2 is 2.17 bits per heavy atom. The summed E-state index contributed by atoms with van der Waals surface area (Å²) in [5.41, 5.74) is 0. The number of aliphatic hydroxyl groups excluding tert-OH is 1. The second-order valence-electron chi connectivity index (χ2n) is 3.42. The van der Waals surface area contributed by atoms with Crippen LogP contribution in [-0.4, -0.2) is 38.1 Å². The van der Waals surface area contributed by atoms with Gasteiger partial charge in [0.05, 0.1) is 13.2 Å². The molecule has 0 spiro atoms. The summed E-state index contributed by atoms with van der Waals surface area (Å²) in [6.45, 7) is 1.55. The molecule has 1 atom stereocenters. The van der Waals surface area contributed by atoms with E-state index in [-0.39, 0.29) is 0 Å². The summed E-state index contributed by atoms with van der Waals surface area (Å²) in [4.78, 5) is 0. The zero-order chi connectivity index (χ0) is 8.81. The van der Waals surface area contributed by atoms with Gasteiger partial charge in [-0.15, -0.1) is 0 Å². The molecule has 12 heavy (non-hydrogen) atoms. The first kappa shape index (κ1) is 9.96. The van der Waals surface area contributed by atoms with Crippen molar-refractivity contribution < 1.29 is 14.6 Å². The van der Waals surface area contributed by atoms with Gasteiger partial charge in [-0.25, -0.2) is 0 Å². The van der Waals surface area contributed by atoms with E-state index < -0.39 is 6.10 Å². The third-order valence-corrected chi connectivity index (χ3v) is 2.04. The maximum Gasteiger partial charge on any atom is 0.101 e. The maximum atomic E-state index is 9.18. The van der Waals surface area contributed by atoms with Crippen molar-refractivity contribution in [1.29, 1.82) is 0 Å². The topological polar surface area (TPSA) is 38.7 Å². The fraction of sp³-hybridized carbons (Fsp3) is 1.00. The van der Waals surface area contributed by atoms with Crippen molar-refractivity contribution in [1.82, 2.24) is 0 Å². The van der Waals surface area contributed by atoms with E-state index in [9.17, 15) is 5.11 Å². The summed E-state index contributed by atoms with van der Waals surface area (Å²) in [7, 11) is 1.58. The van der Waals surface area contributed by atoms with Gasteiger partial charge in [-0.2, -0.15) is 0 Å². The summed E-state index contributed by atoms with van der Waals surface area (Å²) in [6, 6.07) is 0. The maximum absolute atomic E-state index is 9.18. The summed E-state index contributed by atoms with van der Waals surface area (Å²) in [6.07, 6.45) is 3.42. The molecule has 1 unspecified atom stereocenters. The van der Waals surface area contributed by atoms with Crippen LogP contribution in [0.4, 0.5) is 0 Å². The first-order valence-electron chi connectivity index (χ1n) is 4.57. The van der Waals surface area contributed by atoms with Crippen LogP contribution in [0.25, 0.3) is 0 Å². The Bertz CT molecular complexity index is 112. The standard InChI is InChI=1S/C9H18O3/c1-11-6-9(10)7-12-5-4-8-2-3-8/h8-10H,2-7H2,1H3. The van der Waals surface area contributed by atoms with Gasteiger partial charge in [0.25, 0.3) is 0 Å². The molecule has 72 valence electrons. The molecule has 0 aromatic carbocycles. The van der Waals surface area contributed by atoms with Crippen molar-refractivity contribution in [2.45, 2.75) is 25.4 Å². The lowest BCUT2D eigenvalue weighted by atomic mass is 10.3. The van der Waals surface area contributed by atoms with E-state index in [2.05, 4.69) is 0 Å². The zero-order valence-electron chi connectivity index (χ0n) is 7.66. The predicted octanol–water partition coefficient (Wildman–Crippen LogP) is 0.810. The molecule has 3 nitrogen and oxygen atoms in total. The highest BCUT2D eigenvalue weighted by Gasteiger charge is 2.20. The lowest BCUT2D eigenvalue weighted by Crippen LogP contribution is -2.21. The lowest BCUT2D eigenvalue weighted by molar-refractivity contribution is -0.00728. The number of hydrogen-bond donors (Lipinski definition) is 1. The molecule has 0 heterocycles. The number of hydrogen-bond acceptors (Lipinski definition) is 3. The molecular formula is C9H18O3. The van der Waals surface area contributed by atoms with Crippen molar-refractivity contribution in [3.05, 3.63) is 0 Å². The second kappa shape index (κ2) is 5.51. The third kappa shape index (κ3) is 4.70. The number of rotatable bonds is 7. The Kier molecular flexibility index (Phi) is 4.58. The van der Waals surface area contributed by atoms with E-state index in [1.54, 1.807) is 7.11 Å². The fourth-order valence-electron chi connectivity index (χ4n) is 1.12. The van der Waals surface area contributed by atoms with Gasteiger partial charge in [0.2, 0.25) is 0 Å². The first-order valence-corrected chi connectivity index (χ1v) is 4.57. The van der Waals surface area contributed by atoms with Gasteiger partial charge in [0.1, 0.15) is 6.10 Å². The van der Waals surface area contributed by atoms with Gasteiger partial charge < -0.3 is 14.6 Å². The minimum Gasteiger partial charge on any atom is -0.388 e. The third-order valence-electron chi connectivity index (χ3n) is 2.04. The van der Waals surface area contributed by atoms with Crippen LogP contribution in [0.2, 0.25) is 0 Å². The number of methoxy groups -OCH3 is 1. The van der Waals surface area contributed by atoms with Gasteiger partial charge in [0.15, 0.2) is 0 Å². The van der Waals surface area contributed by atoms with Crippen molar-refractivity contribution in [2.24, 2.45) is 5.92 Å². The summed E-state index contributed by atoms with van der Waals surface area (Å²) in [5, 5.41) is 9.18. The van der Waals surface area contributed by atoms with Gasteiger partial charge in [-0.1, -0.05) is 12.8 Å². The van der Waals surface area contributed by atoms with E-state index in [1.807, 2.05) is 0 Å². The molecule has 0 bridgehead atoms. The van der Waals surface area contributed by atoms with Crippen LogP contribution in [0.3, 0.4) is 0 Å². The van der Waals surface area contributed by atoms with E-state index in [0.29, 0.717) is 13.2 Å². The Hall–Kier alpha value is -0.120. The van der Waals surface area contributed by atoms with Crippen LogP contribution in [-0.2, 0) is 9.47 Å². The minimum absolute atomic E-state index is 0.365.